The van der Waals surface area contributed by atoms with Crippen LogP contribution in [0.2, 0.25) is 0 Å². The molecule has 1 aliphatic rings. The zero-order valence-corrected chi connectivity index (χ0v) is 13.7. The molecule has 0 spiro atoms. The van der Waals surface area contributed by atoms with Crippen molar-refractivity contribution in [3.05, 3.63) is 61.8 Å². The number of likely N-dealkylation sites (tertiary alicyclic amines) is 1. The van der Waals surface area contributed by atoms with Crippen molar-refractivity contribution in [3.63, 3.8) is 0 Å². The molecular weight excluding hydrogens is 312 g/mol. The third kappa shape index (κ3) is 3.27. The summed E-state index contributed by atoms with van der Waals surface area (Å²) in [4.78, 5) is 26.3. The molecule has 23 heavy (non-hydrogen) atoms. The first-order valence-corrected chi connectivity index (χ1v) is 8.52. The predicted octanol–water partition coefficient (Wildman–Crippen LogP) is 3.98. The lowest BCUT2D eigenvalue weighted by atomic mass is 9.94. The van der Waals surface area contributed by atoms with Crippen LogP contribution >= 0.6 is 11.3 Å². The van der Waals surface area contributed by atoms with E-state index in [1.54, 1.807) is 30.4 Å². The Kier molecular flexibility index (Phi) is 4.43. The SMILES string of the molecule is Cc1cc(C(=O)N2CCC(c3cccs3)CC2)ccc1[N+](=O)[O-]. The number of nitro groups is 1. The molecule has 2 aromatic rings. The number of rotatable bonds is 3. The summed E-state index contributed by atoms with van der Waals surface area (Å²) in [5.74, 6) is 0.505. The molecule has 0 bridgehead atoms. The highest BCUT2D eigenvalue weighted by Crippen LogP contribution is 2.31. The van der Waals surface area contributed by atoms with Crippen molar-refractivity contribution in [2.45, 2.75) is 25.7 Å². The quantitative estimate of drug-likeness (QED) is 0.631. The van der Waals surface area contributed by atoms with E-state index in [4.69, 9.17) is 0 Å². The summed E-state index contributed by atoms with van der Waals surface area (Å²) in [7, 11) is 0. The van der Waals surface area contributed by atoms with E-state index in [0.29, 0.717) is 17.0 Å². The van der Waals surface area contributed by atoms with Gasteiger partial charge in [0.25, 0.3) is 11.6 Å². The number of hydrogen-bond donors (Lipinski definition) is 0. The van der Waals surface area contributed by atoms with Gasteiger partial charge in [0.1, 0.15) is 0 Å². The summed E-state index contributed by atoms with van der Waals surface area (Å²) < 4.78 is 0. The Labute approximate surface area is 138 Å². The van der Waals surface area contributed by atoms with Crippen LogP contribution in [0.15, 0.2) is 35.7 Å². The maximum absolute atomic E-state index is 12.6. The zero-order valence-electron chi connectivity index (χ0n) is 12.9. The number of nitro benzene ring substituents is 1. The highest BCUT2D eigenvalue weighted by atomic mass is 32.1. The van der Waals surface area contributed by atoms with Gasteiger partial charge in [-0.15, -0.1) is 11.3 Å². The number of thiophene rings is 1. The van der Waals surface area contributed by atoms with E-state index < -0.39 is 4.92 Å². The van der Waals surface area contributed by atoms with Crippen molar-refractivity contribution >= 4 is 22.9 Å². The molecule has 120 valence electrons. The van der Waals surface area contributed by atoms with E-state index >= 15 is 0 Å². The van der Waals surface area contributed by atoms with Gasteiger partial charge in [-0.2, -0.15) is 0 Å². The lowest BCUT2D eigenvalue weighted by Crippen LogP contribution is -2.37. The molecule has 0 unspecified atom stereocenters. The second kappa shape index (κ2) is 6.50. The van der Waals surface area contributed by atoms with Crippen molar-refractivity contribution in [3.8, 4) is 0 Å². The highest BCUT2D eigenvalue weighted by Gasteiger charge is 2.25. The standard InChI is InChI=1S/C17H18N2O3S/c1-12-11-14(4-5-15(12)19(21)22)17(20)18-8-6-13(7-9-18)16-3-2-10-23-16/h2-5,10-11,13H,6-9H2,1H3. The van der Waals surface area contributed by atoms with Crippen molar-refractivity contribution in [2.75, 3.05) is 13.1 Å². The van der Waals surface area contributed by atoms with Crippen LogP contribution in [0.4, 0.5) is 5.69 Å². The summed E-state index contributed by atoms with van der Waals surface area (Å²) in [6, 6.07) is 8.81. The Morgan fingerprint density at radius 3 is 2.61 bits per heavy atom. The predicted molar refractivity (Wildman–Crippen MR) is 90.0 cm³/mol. The number of benzene rings is 1. The second-order valence-corrected chi connectivity index (χ2v) is 6.82. The van der Waals surface area contributed by atoms with Gasteiger partial charge in [0.05, 0.1) is 4.92 Å². The van der Waals surface area contributed by atoms with Crippen molar-refractivity contribution < 1.29 is 9.72 Å². The fourth-order valence-electron chi connectivity index (χ4n) is 3.07. The van der Waals surface area contributed by atoms with Gasteiger partial charge in [-0.25, -0.2) is 0 Å². The van der Waals surface area contributed by atoms with Crippen LogP contribution in [0.5, 0.6) is 0 Å². The number of piperidine rings is 1. The lowest BCUT2D eigenvalue weighted by molar-refractivity contribution is -0.385. The maximum Gasteiger partial charge on any atom is 0.272 e. The van der Waals surface area contributed by atoms with E-state index in [9.17, 15) is 14.9 Å². The van der Waals surface area contributed by atoms with E-state index in [1.807, 2.05) is 4.90 Å². The minimum atomic E-state index is -0.421. The second-order valence-electron chi connectivity index (χ2n) is 5.84. The first kappa shape index (κ1) is 15.7. The molecule has 5 nitrogen and oxygen atoms in total. The van der Waals surface area contributed by atoms with Crippen molar-refractivity contribution in [1.82, 2.24) is 4.90 Å². The Morgan fingerprint density at radius 1 is 1.30 bits per heavy atom. The molecule has 1 aromatic carbocycles. The number of amides is 1. The smallest absolute Gasteiger partial charge is 0.272 e. The van der Waals surface area contributed by atoms with Crippen LogP contribution in [0.25, 0.3) is 0 Å². The Hall–Kier alpha value is -2.21. The van der Waals surface area contributed by atoms with Crippen LogP contribution < -0.4 is 0 Å². The molecule has 1 aliphatic heterocycles. The molecule has 2 heterocycles. The summed E-state index contributed by atoms with van der Waals surface area (Å²) in [6.07, 6.45) is 1.94. The average molecular weight is 330 g/mol. The molecule has 0 aliphatic carbocycles. The summed E-state index contributed by atoms with van der Waals surface area (Å²) in [6.45, 7) is 3.13. The molecule has 1 aromatic heterocycles. The maximum atomic E-state index is 12.6. The van der Waals surface area contributed by atoms with Crippen LogP contribution in [0.3, 0.4) is 0 Å². The van der Waals surface area contributed by atoms with E-state index in [-0.39, 0.29) is 11.6 Å². The molecular formula is C17H18N2O3S. The van der Waals surface area contributed by atoms with Crippen molar-refractivity contribution in [1.29, 1.82) is 0 Å². The molecule has 6 heteroatoms. The molecule has 0 N–H and O–H groups in total. The third-order valence-corrected chi connectivity index (χ3v) is 5.40. The van der Waals surface area contributed by atoms with Gasteiger partial charge in [0.15, 0.2) is 0 Å². The van der Waals surface area contributed by atoms with E-state index in [1.165, 1.54) is 10.9 Å². The summed E-state index contributed by atoms with van der Waals surface area (Å²) in [5.41, 5.74) is 1.11. The van der Waals surface area contributed by atoms with Gasteiger partial charge in [-0.3, -0.25) is 14.9 Å². The Morgan fingerprint density at radius 2 is 2.04 bits per heavy atom. The molecule has 0 radical (unpaired) electrons. The van der Waals surface area contributed by atoms with Crippen LogP contribution in [-0.2, 0) is 0 Å². The molecule has 0 atom stereocenters. The van der Waals surface area contributed by atoms with Crippen LogP contribution in [0, 0.1) is 17.0 Å². The largest absolute Gasteiger partial charge is 0.339 e. The van der Waals surface area contributed by atoms with E-state index in [0.717, 1.165) is 25.9 Å². The average Bonchev–Trinajstić information content (AvgIpc) is 3.08. The van der Waals surface area contributed by atoms with Gasteiger partial charge in [0.2, 0.25) is 0 Å². The number of carbonyl (C=O) groups is 1. The van der Waals surface area contributed by atoms with Gasteiger partial charge in [-0.05, 0) is 49.3 Å². The van der Waals surface area contributed by atoms with Crippen LogP contribution in [0.1, 0.15) is 39.6 Å². The van der Waals surface area contributed by atoms with Crippen molar-refractivity contribution in [2.24, 2.45) is 0 Å². The van der Waals surface area contributed by atoms with Gasteiger partial charge in [-0.1, -0.05) is 6.07 Å². The summed E-state index contributed by atoms with van der Waals surface area (Å²) in [5, 5.41) is 13.0. The van der Waals surface area contributed by atoms with Gasteiger partial charge < -0.3 is 4.90 Å². The normalized spacial score (nSPS) is 15.6. The Bertz CT molecular complexity index is 719. The first-order valence-electron chi connectivity index (χ1n) is 7.64. The Balaban J connectivity index is 1.68. The molecule has 1 amide bonds. The number of hydrogen-bond acceptors (Lipinski definition) is 4. The van der Waals surface area contributed by atoms with Gasteiger partial charge >= 0.3 is 0 Å². The third-order valence-electron chi connectivity index (χ3n) is 4.37. The highest BCUT2D eigenvalue weighted by molar-refractivity contribution is 7.10. The summed E-state index contributed by atoms with van der Waals surface area (Å²) >= 11 is 1.77. The van der Waals surface area contributed by atoms with E-state index in [2.05, 4.69) is 17.5 Å². The molecule has 3 rings (SSSR count). The molecule has 1 saturated heterocycles. The zero-order chi connectivity index (χ0) is 16.4. The number of carbonyl (C=O) groups excluding carboxylic acids is 1. The monoisotopic (exact) mass is 330 g/mol. The fourth-order valence-corrected chi connectivity index (χ4v) is 3.97. The van der Waals surface area contributed by atoms with Gasteiger partial charge in [0, 0.05) is 35.2 Å². The lowest BCUT2D eigenvalue weighted by Gasteiger charge is -2.31. The number of aryl methyl sites for hydroxylation is 1. The number of nitrogens with zero attached hydrogens (tertiary/aromatic N) is 2. The minimum absolute atomic E-state index is 0.0346. The topological polar surface area (TPSA) is 63.5 Å². The fraction of sp³-hybridized carbons (Fsp3) is 0.353. The molecule has 0 saturated carbocycles. The minimum Gasteiger partial charge on any atom is -0.339 e. The first-order chi connectivity index (χ1) is 11.1. The van der Waals surface area contributed by atoms with Crippen LogP contribution in [-0.4, -0.2) is 28.8 Å². The molecule has 1 fully saturated rings.